The number of hydrogen-bond acceptors (Lipinski definition) is 3. The summed E-state index contributed by atoms with van der Waals surface area (Å²) in [5.41, 5.74) is 9.13. The summed E-state index contributed by atoms with van der Waals surface area (Å²) in [6.07, 6.45) is 4.00. The van der Waals surface area contributed by atoms with Gasteiger partial charge in [-0.25, -0.2) is 4.68 Å². The van der Waals surface area contributed by atoms with E-state index in [1.54, 1.807) is 11.8 Å². The van der Waals surface area contributed by atoms with Crippen molar-refractivity contribution in [2.24, 2.45) is 5.73 Å². The van der Waals surface area contributed by atoms with Crippen molar-refractivity contribution in [2.75, 3.05) is 0 Å². The number of rotatable bonds is 5. The molecule has 0 unspecified atom stereocenters. The van der Waals surface area contributed by atoms with Gasteiger partial charge >= 0.3 is 0 Å². The lowest BCUT2D eigenvalue weighted by atomic mass is 10.2. The lowest BCUT2D eigenvalue weighted by Gasteiger charge is -2.02. The number of aromatic nitrogens is 2. The third-order valence-electron chi connectivity index (χ3n) is 3.20. The Morgan fingerprint density at radius 3 is 2.67 bits per heavy atom. The fourth-order valence-corrected chi connectivity index (χ4v) is 2.98. The molecule has 2 N–H and O–H groups in total. The fraction of sp³-hybridized carbons (Fsp3) is 0.118. The summed E-state index contributed by atoms with van der Waals surface area (Å²) >= 11 is 1.80. The van der Waals surface area contributed by atoms with E-state index in [2.05, 4.69) is 47.7 Å². The van der Waals surface area contributed by atoms with E-state index < -0.39 is 0 Å². The Labute approximate surface area is 128 Å². The predicted molar refractivity (Wildman–Crippen MR) is 87.5 cm³/mol. The van der Waals surface area contributed by atoms with Crippen LogP contribution >= 0.6 is 11.8 Å². The second kappa shape index (κ2) is 6.61. The minimum Gasteiger partial charge on any atom is -0.326 e. The van der Waals surface area contributed by atoms with Crippen LogP contribution in [0.15, 0.2) is 71.9 Å². The summed E-state index contributed by atoms with van der Waals surface area (Å²) in [5.74, 6) is 0.904. The molecule has 1 aromatic heterocycles. The van der Waals surface area contributed by atoms with E-state index >= 15 is 0 Å². The third-order valence-corrected chi connectivity index (χ3v) is 4.26. The Morgan fingerprint density at radius 2 is 1.86 bits per heavy atom. The van der Waals surface area contributed by atoms with Crippen LogP contribution in [-0.2, 0) is 12.3 Å². The third kappa shape index (κ3) is 3.54. The highest BCUT2D eigenvalue weighted by molar-refractivity contribution is 7.98. The molecule has 3 aromatic rings. The molecule has 3 rings (SSSR count). The molecule has 0 radical (unpaired) electrons. The van der Waals surface area contributed by atoms with Crippen LogP contribution in [0.25, 0.3) is 5.69 Å². The van der Waals surface area contributed by atoms with Crippen molar-refractivity contribution in [3.8, 4) is 5.69 Å². The van der Waals surface area contributed by atoms with E-state index in [0.29, 0.717) is 6.54 Å². The maximum Gasteiger partial charge on any atom is 0.0645 e. The number of nitrogens with two attached hydrogens (primary N) is 1. The van der Waals surface area contributed by atoms with Crippen molar-refractivity contribution in [2.45, 2.75) is 17.2 Å². The molecule has 0 aliphatic carbocycles. The van der Waals surface area contributed by atoms with Gasteiger partial charge in [0.15, 0.2) is 0 Å². The van der Waals surface area contributed by atoms with Crippen molar-refractivity contribution < 1.29 is 0 Å². The maximum absolute atomic E-state index is 5.67. The highest BCUT2D eigenvalue weighted by Gasteiger charge is 2.02. The molecule has 106 valence electrons. The van der Waals surface area contributed by atoms with Gasteiger partial charge in [0.2, 0.25) is 0 Å². The van der Waals surface area contributed by atoms with Crippen LogP contribution in [0.5, 0.6) is 0 Å². The zero-order valence-corrected chi connectivity index (χ0v) is 12.5. The Bertz CT molecular complexity index is 707. The van der Waals surface area contributed by atoms with Crippen molar-refractivity contribution in [1.82, 2.24) is 9.78 Å². The van der Waals surface area contributed by atoms with E-state index in [-0.39, 0.29) is 0 Å². The zero-order valence-electron chi connectivity index (χ0n) is 11.6. The van der Waals surface area contributed by atoms with Gasteiger partial charge in [0.25, 0.3) is 0 Å². The minimum absolute atomic E-state index is 0.584. The highest BCUT2D eigenvalue weighted by atomic mass is 32.2. The summed E-state index contributed by atoms with van der Waals surface area (Å²) in [7, 11) is 0. The van der Waals surface area contributed by atoms with E-state index in [9.17, 15) is 0 Å². The smallest absolute Gasteiger partial charge is 0.0645 e. The van der Waals surface area contributed by atoms with Crippen LogP contribution in [0, 0.1) is 0 Å². The Kier molecular flexibility index (Phi) is 4.38. The topological polar surface area (TPSA) is 43.8 Å². The van der Waals surface area contributed by atoms with E-state index in [1.807, 2.05) is 29.1 Å². The molecule has 1 heterocycles. The van der Waals surface area contributed by atoms with Gasteiger partial charge in [-0.2, -0.15) is 5.10 Å². The van der Waals surface area contributed by atoms with Crippen molar-refractivity contribution in [3.05, 3.63) is 78.1 Å². The molecule has 0 spiro atoms. The van der Waals surface area contributed by atoms with Gasteiger partial charge < -0.3 is 5.73 Å². The first-order chi connectivity index (χ1) is 10.3. The minimum atomic E-state index is 0.584. The average molecular weight is 295 g/mol. The van der Waals surface area contributed by atoms with Gasteiger partial charge in [-0.1, -0.05) is 30.3 Å². The van der Waals surface area contributed by atoms with Crippen molar-refractivity contribution in [3.63, 3.8) is 0 Å². The van der Waals surface area contributed by atoms with Crippen LogP contribution in [0.3, 0.4) is 0 Å². The molecule has 0 fully saturated rings. The molecular formula is C17H17N3S. The van der Waals surface area contributed by atoms with Crippen LogP contribution in [0.4, 0.5) is 0 Å². The van der Waals surface area contributed by atoms with E-state index in [0.717, 1.165) is 11.4 Å². The second-order valence-electron chi connectivity index (χ2n) is 4.77. The molecule has 0 bridgehead atoms. The first kappa shape index (κ1) is 13.9. The molecule has 0 saturated heterocycles. The summed E-state index contributed by atoms with van der Waals surface area (Å²) < 4.78 is 1.91. The van der Waals surface area contributed by atoms with E-state index in [1.165, 1.54) is 16.0 Å². The Hall–Kier alpha value is -2.04. The number of para-hydroxylation sites is 1. The molecule has 0 amide bonds. The summed E-state index contributed by atoms with van der Waals surface area (Å²) in [6.45, 7) is 0.584. The SMILES string of the molecule is NCc1cccc(SCc2cnn(-c3ccccc3)c2)c1. The highest BCUT2D eigenvalue weighted by Crippen LogP contribution is 2.23. The quantitative estimate of drug-likeness (QED) is 0.731. The number of thioether (sulfide) groups is 1. The Morgan fingerprint density at radius 1 is 1.00 bits per heavy atom. The van der Waals surface area contributed by atoms with Gasteiger partial charge in [-0.05, 0) is 29.8 Å². The lowest BCUT2D eigenvalue weighted by Crippen LogP contribution is -1.95. The molecular weight excluding hydrogens is 278 g/mol. The zero-order chi connectivity index (χ0) is 14.5. The van der Waals surface area contributed by atoms with Crippen LogP contribution in [0.2, 0.25) is 0 Å². The lowest BCUT2D eigenvalue weighted by molar-refractivity contribution is 0.880. The summed E-state index contributed by atoms with van der Waals surface area (Å²) in [6, 6.07) is 18.5. The first-order valence-electron chi connectivity index (χ1n) is 6.86. The van der Waals surface area contributed by atoms with Crippen molar-refractivity contribution in [1.29, 1.82) is 0 Å². The molecule has 3 nitrogen and oxygen atoms in total. The second-order valence-corrected chi connectivity index (χ2v) is 5.82. The van der Waals surface area contributed by atoms with Crippen LogP contribution in [-0.4, -0.2) is 9.78 Å². The Balaban J connectivity index is 1.67. The maximum atomic E-state index is 5.67. The van der Waals surface area contributed by atoms with Crippen LogP contribution in [0.1, 0.15) is 11.1 Å². The standard InChI is InChI=1S/C17H17N3S/c18-10-14-5-4-8-17(9-14)21-13-15-11-19-20(12-15)16-6-2-1-3-7-16/h1-9,11-12H,10,13,18H2. The van der Waals surface area contributed by atoms with E-state index in [4.69, 9.17) is 5.73 Å². The fourth-order valence-electron chi connectivity index (χ4n) is 2.09. The molecule has 21 heavy (non-hydrogen) atoms. The molecule has 0 aliphatic heterocycles. The van der Waals surface area contributed by atoms with Gasteiger partial charge in [0.05, 0.1) is 11.9 Å². The van der Waals surface area contributed by atoms with Crippen LogP contribution < -0.4 is 5.73 Å². The van der Waals surface area contributed by atoms with Gasteiger partial charge in [0.1, 0.15) is 0 Å². The van der Waals surface area contributed by atoms with Gasteiger partial charge in [-0.3, -0.25) is 0 Å². The molecule has 0 saturated carbocycles. The predicted octanol–water partition coefficient (Wildman–Crippen LogP) is 3.62. The monoisotopic (exact) mass is 295 g/mol. The summed E-state index contributed by atoms with van der Waals surface area (Å²) in [5, 5.41) is 4.42. The first-order valence-corrected chi connectivity index (χ1v) is 7.84. The molecule has 4 heteroatoms. The largest absolute Gasteiger partial charge is 0.326 e. The molecule has 0 aliphatic rings. The van der Waals surface area contributed by atoms with Gasteiger partial charge in [-0.15, -0.1) is 11.8 Å². The number of benzene rings is 2. The normalized spacial score (nSPS) is 10.7. The average Bonchev–Trinajstić information content (AvgIpc) is 3.03. The van der Waals surface area contributed by atoms with Crippen molar-refractivity contribution >= 4 is 11.8 Å². The molecule has 0 atom stereocenters. The summed E-state index contributed by atoms with van der Waals surface area (Å²) in [4.78, 5) is 1.24. The molecule has 2 aromatic carbocycles. The number of nitrogens with zero attached hydrogens (tertiary/aromatic N) is 2. The number of hydrogen-bond donors (Lipinski definition) is 1. The van der Waals surface area contributed by atoms with Gasteiger partial charge in [0, 0.05) is 29.0 Å².